The molecule has 0 saturated heterocycles. The lowest BCUT2D eigenvalue weighted by Crippen LogP contribution is -1.88. The number of hydrogen-bond acceptors (Lipinski definition) is 0. The quantitative estimate of drug-likeness (QED) is 0.651. The van der Waals surface area contributed by atoms with Gasteiger partial charge in [0.1, 0.15) is 5.82 Å². The van der Waals surface area contributed by atoms with Gasteiger partial charge in [0.05, 0.1) is 5.52 Å². The zero-order chi connectivity index (χ0) is 8.72. The highest BCUT2D eigenvalue weighted by Crippen LogP contribution is 2.23. The summed E-state index contributed by atoms with van der Waals surface area (Å²) in [5, 5.41) is 0.984. The Morgan fingerprint density at radius 2 is 2.08 bits per heavy atom. The third kappa shape index (κ3) is 1.03. The van der Waals surface area contributed by atoms with Gasteiger partial charge in [-0.25, -0.2) is 4.39 Å². The maximum absolute atomic E-state index is 13.2. The summed E-state index contributed by atoms with van der Waals surface area (Å²) in [6.07, 6.45) is 1.87. The molecule has 12 heavy (non-hydrogen) atoms. The maximum atomic E-state index is 13.2. The van der Waals surface area contributed by atoms with Crippen LogP contribution in [0.4, 0.5) is 4.39 Å². The molecule has 0 amide bonds. The molecule has 0 unspecified atom stereocenters. The minimum absolute atomic E-state index is 0.155. The van der Waals surface area contributed by atoms with Gasteiger partial charge in [0, 0.05) is 22.2 Å². The van der Waals surface area contributed by atoms with E-state index in [2.05, 4.69) is 22.6 Å². The molecule has 1 heterocycles. The molecule has 62 valence electrons. The molecule has 0 aliphatic heterocycles. The van der Waals surface area contributed by atoms with Crippen LogP contribution in [0.25, 0.3) is 10.9 Å². The standard InChI is InChI=1S/C9H7FIN/c1-12-5-4-6-8(11)3-2-7(10)9(6)12/h2-5H,1H3. The van der Waals surface area contributed by atoms with E-state index in [1.807, 2.05) is 19.3 Å². The molecule has 1 aromatic carbocycles. The second-order valence-corrected chi connectivity index (χ2v) is 3.88. The van der Waals surface area contributed by atoms with Crippen LogP contribution in [0.15, 0.2) is 24.4 Å². The first-order chi connectivity index (χ1) is 5.70. The van der Waals surface area contributed by atoms with Crippen molar-refractivity contribution in [3.05, 3.63) is 33.8 Å². The Morgan fingerprint density at radius 1 is 1.33 bits per heavy atom. The summed E-state index contributed by atoms with van der Waals surface area (Å²) in [5.41, 5.74) is 0.682. The van der Waals surface area contributed by atoms with Crippen LogP contribution >= 0.6 is 22.6 Å². The van der Waals surface area contributed by atoms with Gasteiger partial charge < -0.3 is 4.57 Å². The first-order valence-corrected chi connectivity index (χ1v) is 4.67. The van der Waals surface area contributed by atoms with Crippen LogP contribution in [-0.4, -0.2) is 4.57 Å². The van der Waals surface area contributed by atoms with E-state index in [1.165, 1.54) is 6.07 Å². The fourth-order valence-corrected chi connectivity index (χ4v) is 1.95. The van der Waals surface area contributed by atoms with Crippen molar-refractivity contribution in [1.82, 2.24) is 4.57 Å². The molecule has 2 aromatic rings. The van der Waals surface area contributed by atoms with E-state index in [0.717, 1.165) is 8.96 Å². The number of halogens is 2. The predicted octanol–water partition coefficient (Wildman–Crippen LogP) is 2.92. The highest BCUT2D eigenvalue weighted by molar-refractivity contribution is 14.1. The van der Waals surface area contributed by atoms with Gasteiger partial charge in [-0.2, -0.15) is 0 Å². The zero-order valence-corrected chi connectivity index (χ0v) is 8.67. The number of aryl methyl sites for hydroxylation is 1. The van der Waals surface area contributed by atoms with Crippen molar-refractivity contribution in [1.29, 1.82) is 0 Å². The van der Waals surface area contributed by atoms with Crippen molar-refractivity contribution in [2.24, 2.45) is 7.05 Å². The van der Waals surface area contributed by atoms with E-state index in [9.17, 15) is 4.39 Å². The van der Waals surface area contributed by atoms with E-state index < -0.39 is 0 Å². The molecule has 3 heteroatoms. The normalized spacial score (nSPS) is 10.9. The number of nitrogens with zero attached hydrogens (tertiary/aromatic N) is 1. The Labute approximate surface area is 83.3 Å². The van der Waals surface area contributed by atoms with Crippen LogP contribution in [0.3, 0.4) is 0 Å². The second kappa shape index (κ2) is 2.73. The molecule has 0 aliphatic carbocycles. The van der Waals surface area contributed by atoms with Crippen molar-refractivity contribution in [2.45, 2.75) is 0 Å². The summed E-state index contributed by atoms with van der Waals surface area (Å²) in [7, 11) is 1.85. The van der Waals surface area contributed by atoms with E-state index in [-0.39, 0.29) is 5.82 Å². The molecule has 0 saturated carbocycles. The zero-order valence-electron chi connectivity index (χ0n) is 6.51. The Balaban J connectivity index is 2.98. The Morgan fingerprint density at radius 3 is 2.75 bits per heavy atom. The van der Waals surface area contributed by atoms with Crippen molar-refractivity contribution in [3.63, 3.8) is 0 Å². The summed E-state index contributed by atoms with van der Waals surface area (Å²) in [6, 6.07) is 5.22. The first-order valence-electron chi connectivity index (χ1n) is 3.59. The van der Waals surface area contributed by atoms with Gasteiger partial charge >= 0.3 is 0 Å². The maximum Gasteiger partial charge on any atom is 0.147 e. The van der Waals surface area contributed by atoms with Gasteiger partial charge in [-0.3, -0.25) is 0 Å². The molecule has 0 N–H and O–H groups in total. The van der Waals surface area contributed by atoms with Crippen molar-refractivity contribution >= 4 is 33.5 Å². The Kier molecular flexibility index (Phi) is 1.83. The van der Waals surface area contributed by atoms with E-state index >= 15 is 0 Å². The number of aromatic nitrogens is 1. The predicted molar refractivity (Wildman–Crippen MR) is 55.6 cm³/mol. The van der Waals surface area contributed by atoms with E-state index in [0.29, 0.717) is 5.52 Å². The molecule has 0 bridgehead atoms. The average Bonchev–Trinajstić information content (AvgIpc) is 2.42. The van der Waals surface area contributed by atoms with Crippen LogP contribution in [0.5, 0.6) is 0 Å². The van der Waals surface area contributed by atoms with Crippen LogP contribution in [-0.2, 0) is 7.05 Å². The molecule has 2 rings (SSSR count). The fourth-order valence-electron chi connectivity index (χ4n) is 1.33. The minimum atomic E-state index is -0.155. The van der Waals surface area contributed by atoms with Gasteiger partial charge in [-0.15, -0.1) is 0 Å². The van der Waals surface area contributed by atoms with Crippen LogP contribution in [0, 0.1) is 9.39 Å². The van der Waals surface area contributed by atoms with Crippen LogP contribution in [0.1, 0.15) is 0 Å². The summed E-state index contributed by atoms with van der Waals surface area (Å²) in [4.78, 5) is 0. The molecular formula is C9H7FIN. The molecule has 1 aromatic heterocycles. The molecule has 0 atom stereocenters. The largest absolute Gasteiger partial charge is 0.348 e. The highest BCUT2D eigenvalue weighted by Gasteiger charge is 2.06. The Bertz CT molecular complexity index is 433. The Hall–Kier alpha value is -0.580. The van der Waals surface area contributed by atoms with E-state index in [4.69, 9.17) is 0 Å². The van der Waals surface area contributed by atoms with Crippen molar-refractivity contribution in [2.75, 3.05) is 0 Å². The molecule has 0 fully saturated rings. The molecule has 0 aliphatic rings. The smallest absolute Gasteiger partial charge is 0.147 e. The van der Waals surface area contributed by atoms with Crippen molar-refractivity contribution < 1.29 is 4.39 Å². The SMILES string of the molecule is Cn1ccc2c(I)ccc(F)c21. The molecule has 0 spiro atoms. The summed E-state index contributed by atoms with van der Waals surface area (Å²) < 4.78 is 16.1. The summed E-state index contributed by atoms with van der Waals surface area (Å²) >= 11 is 2.21. The van der Waals surface area contributed by atoms with Gasteiger partial charge in [0.15, 0.2) is 0 Å². The molecule has 1 nitrogen and oxygen atoms in total. The number of rotatable bonds is 0. The van der Waals surface area contributed by atoms with E-state index in [1.54, 1.807) is 10.6 Å². The lowest BCUT2D eigenvalue weighted by molar-refractivity contribution is 0.631. The molecular weight excluding hydrogens is 268 g/mol. The monoisotopic (exact) mass is 275 g/mol. The minimum Gasteiger partial charge on any atom is -0.348 e. The third-order valence-corrected chi connectivity index (χ3v) is 2.87. The summed E-state index contributed by atoms with van der Waals surface area (Å²) in [6.45, 7) is 0. The van der Waals surface area contributed by atoms with Crippen molar-refractivity contribution in [3.8, 4) is 0 Å². The third-order valence-electron chi connectivity index (χ3n) is 1.93. The van der Waals surface area contributed by atoms with Gasteiger partial charge in [0.25, 0.3) is 0 Å². The fraction of sp³-hybridized carbons (Fsp3) is 0.111. The van der Waals surface area contributed by atoms with Gasteiger partial charge in [0.2, 0.25) is 0 Å². The number of hydrogen-bond donors (Lipinski definition) is 0. The lowest BCUT2D eigenvalue weighted by atomic mass is 10.2. The average molecular weight is 275 g/mol. The lowest BCUT2D eigenvalue weighted by Gasteiger charge is -1.98. The second-order valence-electron chi connectivity index (χ2n) is 2.72. The highest BCUT2D eigenvalue weighted by atomic mass is 127. The first kappa shape index (κ1) is 8.04. The van der Waals surface area contributed by atoms with Gasteiger partial charge in [-0.05, 0) is 40.8 Å². The van der Waals surface area contributed by atoms with Gasteiger partial charge in [-0.1, -0.05) is 0 Å². The molecule has 0 radical (unpaired) electrons. The van der Waals surface area contributed by atoms with Crippen LogP contribution in [0.2, 0.25) is 0 Å². The number of benzene rings is 1. The summed E-state index contributed by atoms with van der Waals surface area (Å²) in [5.74, 6) is -0.155. The number of fused-ring (bicyclic) bond motifs is 1. The topological polar surface area (TPSA) is 4.93 Å². The van der Waals surface area contributed by atoms with Crippen LogP contribution < -0.4 is 0 Å².